The second-order valence-corrected chi connectivity index (χ2v) is 6.75. The molecule has 10 nitrogen and oxygen atoms in total. The Bertz CT molecular complexity index is 867. The minimum Gasteiger partial charge on any atom is -0.383 e. The van der Waals surface area contributed by atoms with Gasteiger partial charge in [0, 0.05) is 32.8 Å². The maximum Gasteiger partial charge on any atom is 0.273 e. The highest BCUT2D eigenvalue weighted by molar-refractivity contribution is 5.93. The maximum atomic E-state index is 14.1. The number of nitrogens with zero attached hydrogens (tertiary/aromatic N) is 6. The fraction of sp³-hybridized carbons (Fsp3) is 0.588. The molecule has 0 aliphatic carbocycles. The van der Waals surface area contributed by atoms with Crippen molar-refractivity contribution in [1.29, 1.82) is 0 Å². The normalized spacial score (nSPS) is 18.2. The highest BCUT2D eigenvalue weighted by Crippen LogP contribution is 2.33. The molecule has 0 spiro atoms. The van der Waals surface area contributed by atoms with Crippen LogP contribution >= 0.6 is 0 Å². The number of carbonyl (C=O) groups excluding carboxylic acids is 2. The standard InChI is InChI=1S/C17H23F2N7O3/c1-3-26-14(4-5-21-26)16(28)25-11-17(18,19)8-12(25)9-24-10-13(22-23-24)15(27)20-6-7-29-2/h4-5,10,12H,3,6-9,11H2,1-2H3,(H,20,27). The van der Waals surface area contributed by atoms with E-state index >= 15 is 0 Å². The molecule has 3 rings (SSSR count). The van der Waals surface area contributed by atoms with Crippen LogP contribution in [0, 0.1) is 0 Å². The molecule has 1 aliphatic heterocycles. The molecule has 2 aromatic heterocycles. The van der Waals surface area contributed by atoms with Gasteiger partial charge in [0.1, 0.15) is 5.69 Å². The summed E-state index contributed by atoms with van der Waals surface area (Å²) < 4.78 is 35.8. The van der Waals surface area contributed by atoms with Crippen LogP contribution < -0.4 is 5.32 Å². The molecule has 29 heavy (non-hydrogen) atoms. The number of amides is 2. The zero-order chi connectivity index (χ0) is 21.0. The van der Waals surface area contributed by atoms with E-state index in [-0.39, 0.29) is 17.9 Å². The Morgan fingerprint density at radius 1 is 1.41 bits per heavy atom. The Hall–Kier alpha value is -2.89. The van der Waals surface area contributed by atoms with Crippen molar-refractivity contribution in [2.24, 2.45) is 0 Å². The van der Waals surface area contributed by atoms with Gasteiger partial charge in [0.25, 0.3) is 17.7 Å². The monoisotopic (exact) mass is 411 g/mol. The first kappa shape index (κ1) is 20.8. The van der Waals surface area contributed by atoms with Crippen LogP contribution in [0.2, 0.25) is 0 Å². The molecule has 158 valence electrons. The summed E-state index contributed by atoms with van der Waals surface area (Å²) in [5.74, 6) is -3.95. The molecule has 3 heterocycles. The van der Waals surface area contributed by atoms with Gasteiger partial charge in [-0.2, -0.15) is 5.10 Å². The Balaban J connectivity index is 1.71. The van der Waals surface area contributed by atoms with Crippen LogP contribution in [-0.4, -0.2) is 80.3 Å². The molecule has 0 radical (unpaired) electrons. The number of hydrogen-bond donors (Lipinski definition) is 1. The number of rotatable bonds is 8. The van der Waals surface area contributed by atoms with E-state index in [4.69, 9.17) is 4.74 Å². The van der Waals surface area contributed by atoms with E-state index in [0.717, 1.165) is 4.90 Å². The van der Waals surface area contributed by atoms with Crippen molar-refractivity contribution in [2.45, 2.75) is 38.4 Å². The van der Waals surface area contributed by atoms with E-state index in [1.807, 2.05) is 6.92 Å². The molecule has 1 fully saturated rings. The maximum absolute atomic E-state index is 14.1. The van der Waals surface area contributed by atoms with E-state index in [0.29, 0.717) is 19.7 Å². The van der Waals surface area contributed by atoms with Gasteiger partial charge in [0.15, 0.2) is 5.69 Å². The van der Waals surface area contributed by atoms with E-state index < -0.39 is 36.7 Å². The van der Waals surface area contributed by atoms with Gasteiger partial charge in [-0.3, -0.25) is 14.3 Å². The van der Waals surface area contributed by atoms with Crippen molar-refractivity contribution in [3.8, 4) is 0 Å². The molecule has 2 amide bonds. The summed E-state index contributed by atoms with van der Waals surface area (Å²) in [5, 5.41) is 14.2. The highest BCUT2D eigenvalue weighted by Gasteiger charge is 2.47. The molecule has 1 N–H and O–H groups in total. The number of alkyl halides is 2. The van der Waals surface area contributed by atoms with Crippen molar-refractivity contribution in [2.75, 3.05) is 26.8 Å². The lowest BCUT2D eigenvalue weighted by Crippen LogP contribution is -2.39. The minimum absolute atomic E-state index is 0.0000563. The number of halogens is 2. The molecular formula is C17H23F2N7O3. The number of nitrogens with one attached hydrogen (secondary N) is 1. The number of hydrogen-bond acceptors (Lipinski definition) is 6. The summed E-state index contributed by atoms with van der Waals surface area (Å²) in [5.41, 5.74) is 0.319. The molecule has 1 atom stereocenters. The van der Waals surface area contributed by atoms with Crippen LogP contribution in [0.15, 0.2) is 18.5 Å². The van der Waals surface area contributed by atoms with Crippen LogP contribution in [0.5, 0.6) is 0 Å². The lowest BCUT2D eigenvalue weighted by atomic mass is 10.2. The molecule has 12 heteroatoms. The van der Waals surface area contributed by atoms with Gasteiger partial charge in [-0.25, -0.2) is 13.5 Å². The van der Waals surface area contributed by atoms with Gasteiger partial charge in [-0.1, -0.05) is 5.21 Å². The van der Waals surface area contributed by atoms with Gasteiger partial charge >= 0.3 is 0 Å². The van der Waals surface area contributed by atoms with Gasteiger partial charge in [0.05, 0.1) is 31.9 Å². The lowest BCUT2D eigenvalue weighted by molar-refractivity contribution is 0.0116. The molecule has 0 saturated carbocycles. The Morgan fingerprint density at radius 3 is 2.93 bits per heavy atom. The minimum atomic E-state index is -3.00. The smallest absolute Gasteiger partial charge is 0.273 e. The van der Waals surface area contributed by atoms with Crippen LogP contribution in [0.4, 0.5) is 8.78 Å². The summed E-state index contributed by atoms with van der Waals surface area (Å²) in [6.45, 7) is 2.25. The van der Waals surface area contributed by atoms with Crippen LogP contribution in [0.3, 0.4) is 0 Å². The summed E-state index contributed by atoms with van der Waals surface area (Å²) >= 11 is 0. The van der Waals surface area contributed by atoms with Gasteiger partial charge in [0.2, 0.25) is 0 Å². The summed E-state index contributed by atoms with van der Waals surface area (Å²) in [6.07, 6.45) is 2.34. The molecular weight excluding hydrogens is 388 g/mol. The molecule has 2 aromatic rings. The summed E-state index contributed by atoms with van der Waals surface area (Å²) in [4.78, 5) is 26.0. The Morgan fingerprint density at radius 2 is 2.21 bits per heavy atom. The quantitative estimate of drug-likeness (QED) is 0.631. The first-order valence-electron chi connectivity index (χ1n) is 9.22. The third-order valence-electron chi connectivity index (χ3n) is 4.63. The van der Waals surface area contributed by atoms with Crippen LogP contribution in [0.25, 0.3) is 0 Å². The third kappa shape index (κ3) is 4.75. The van der Waals surface area contributed by atoms with E-state index in [9.17, 15) is 18.4 Å². The first-order chi connectivity index (χ1) is 13.8. The highest BCUT2D eigenvalue weighted by atomic mass is 19.3. The van der Waals surface area contributed by atoms with Crippen LogP contribution in [0.1, 0.15) is 34.3 Å². The molecule has 1 saturated heterocycles. The van der Waals surface area contributed by atoms with Crippen molar-refractivity contribution in [3.05, 3.63) is 29.8 Å². The fourth-order valence-corrected chi connectivity index (χ4v) is 3.28. The van der Waals surface area contributed by atoms with Crippen molar-refractivity contribution in [3.63, 3.8) is 0 Å². The van der Waals surface area contributed by atoms with Gasteiger partial charge in [-0.15, -0.1) is 5.10 Å². The Kier molecular flexibility index (Phi) is 6.20. The van der Waals surface area contributed by atoms with Crippen LogP contribution in [-0.2, 0) is 17.8 Å². The van der Waals surface area contributed by atoms with Crippen molar-refractivity contribution in [1.82, 2.24) is 35.0 Å². The largest absolute Gasteiger partial charge is 0.383 e. The Labute approximate surface area is 165 Å². The number of likely N-dealkylation sites (tertiary alicyclic amines) is 1. The average molecular weight is 411 g/mol. The van der Waals surface area contributed by atoms with E-state index in [2.05, 4.69) is 20.7 Å². The van der Waals surface area contributed by atoms with E-state index in [1.165, 1.54) is 34.9 Å². The molecule has 0 aromatic carbocycles. The molecule has 1 aliphatic rings. The predicted molar refractivity (Wildman–Crippen MR) is 96.5 cm³/mol. The topological polar surface area (TPSA) is 107 Å². The second-order valence-electron chi connectivity index (χ2n) is 6.75. The second kappa shape index (κ2) is 8.64. The SMILES string of the molecule is CCn1nccc1C(=O)N1CC(F)(F)CC1Cn1cc(C(=O)NCCOC)nn1. The van der Waals surface area contributed by atoms with Crippen molar-refractivity contribution >= 4 is 11.8 Å². The number of methoxy groups -OCH3 is 1. The lowest BCUT2D eigenvalue weighted by Gasteiger charge is -2.23. The zero-order valence-corrected chi connectivity index (χ0v) is 16.2. The van der Waals surface area contributed by atoms with Crippen molar-refractivity contribution < 1.29 is 23.1 Å². The van der Waals surface area contributed by atoms with Gasteiger partial charge < -0.3 is 15.0 Å². The molecule has 1 unspecified atom stereocenters. The zero-order valence-electron chi connectivity index (χ0n) is 16.2. The first-order valence-corrected chi connectivity index (χ1v) is 9.22. The number of carbonyl (C=O) groups is 2. The van der Waals surface area contributed by atoms with Gasteiger partial charge in [-0.05, 0) is 13.0 Å². The third-order valence-corrected chi connectivity index (χ3v) is 4.63. The average Bonchev–Trinajstić information content (AvgIpc) is 3.40. The summed E-state index contributed by atoms with van der Waals surface area (Å²) in [6, 6.07) is 0.723. The predicted octanol–water partition coefficient (Wildman–Crippen LogP) is 0.421. The summed E-state index contributed by atoms with van der Waals surface area (Å²) in [7, 11) is 1.51. The fourth-order valence-electron chi connectivity index (χ4n) is 3.28. The van der Waals surface area contributed by atoms with E-state index in [1.54, 1.807) is 0 Å². The number of ether oxygens (including phenoxy) is 1. The number of aromatic nitrogens is 5. The number of aryl methyl sites for hydroxylation is 1. The molecule has 0 bridgehead atoms.